The number of anilines is 1. The van der Waals surface area contributed by atoms with Crippen LogP contribution in [0.1, 0.15) is 47.8 Å². The van der Waals surface area contributed by atoms with Gasteiger partial charge in [0.25, 0.3) is 5.91 Å². The monoisotopic (exact) mass is 430 g/mol. The van der Waals surface area contributed by atoms with Crippen LogP contribution in [0.3, 0.4) is 0 Å². The highest BCUT2D eigenvalue weighted by Crippen LogP contribution is 2.35. The Morgan fingerprint density at radius 2 is 1.87 bits per heavy atom. The minimum absolute atomic E-state index is 0.177. The topological polar surface area (TPSA) is 90.2 Å². The molecule has 0 bridgehead atoms. The Morgan fingerprint density at radius 3 is 2.52 bits per heavy atom. The summed E-state index contributed by atoms with van der Waals surface area (Å²) in [6.07, 6.45) is 3.88. The molecule has 0 spiro atoms. The van der Waals surface area contributed by atoms with E-state index < -0.39 is 0 Å². The third-order valence-corrected chi connectivity index (χ3v) is 5.96. The Labute approximate surface area is 182 Å². The second kappa shape index (κ2) is 9.55. The molecule has 0 N–H and O–H groups in total. The van der Waals surface area contributed by atoms with Gasteiger partial charge in [-0.3, -0.25) is 4.79 Å². The van der Waals surface area contributed by atoms with Crippen LogP contribution in [0.15, 0.2) is 16.7 Å². The zero-order valence-electron chi connectivity index (χ0n) is 18.4. The van der Waals surface area contributed by atoms with Crippen LogP contribution in [0.5, 0.6) is 11.5 Å². The average Bonchev–Trinajstić information content (AvgIpc) is 3.27. The Morgan fingerprint density at radius 1 is 1.13 bits per heavy atom. The number of methoxy groups -OCH3 is 2. The van der Waals surface area contributed by atoms with E-state index in [0.29, 0.717) is 24.6 Å². The summed E-state index contributed by atoms with van der Waals surface area (Å²) in [5.74, 6) is 2.84. The molecule has 1 amide bonds. The van der Waals surface area contributed by atoms with Crippen molar-refractivity contribution in [1.82, 2.24) is 14.9 Å². The van der Waals surface area contributed by atoms with Crippen LogP contribution >= 0.6 is 0 Å². The van der Waals surface area contributed by atoms with Crippen molar-refractivity contribution in [3.05, 3.63) is 29.6 Å². The van der Waals surface area contributed by atoms with Crippen LogP contribution < -0.4 is 14.4 Å². The summed E-state index contributed by atoms with van der Waals surface area (Å²) >= 11 is 0. The first kappa shape index (κ1) is 21.4. The van der Waals surface area contributed by atoms with E-state index in [0.717, 1.165) is 62.9 Å². The van der Waals surface area contributed by atoms with E-state index in [2.05, 4.69) is 17.9 Å². The fraction of sp³-hybridized carbons (Fsp3) is 0.591. The molecule has 2 saturated heterocycles. The Balaban J connectivity index is 1.46. The first-order valence-electron chi connectivity index (χ1n) is 10.8. The van der Waals surface area contributed by atoms with Crippen LogP contribution in [-0.4, -0.2) is 74.4 Å². The molecule has 0 aromatic carbocycles. The molecule has 0 atom stereocenters. The molecule has 4 heterocycles. The standard InChI is InChI=1S/C22H30N4O5/c1-4-16-13-18(25-9-11-30-12-10-25)24-21(23-16)15-5-7-26(8-6-15)22(27)20-19(29-3)17(28-2)14-31-20/h13-15H,4-12H2,1-3H3. The highest BCUT2D eigenvalue weighted by molar-refractivity contribution is 5.95. The summed E-state index contributed by atoms with van der Waals surface area (Å²) in [6.45, 7) is 6.48. The van der Waals surface area contributed by atoms with E-state index >= 15 is 0 Å². The predicted octanol–water partition coefficient (Wildman–Crippen LogP) is 2.51. The largest absolute Gasteiger partial charge is 0.490 e. The molecule has 0 radical (unpaired) electrons. The van der Waals surface area contributed by atoms with Gasteiger partial charge in [0.05, 0.1) is 27.4 Å². The van der Waals surface area contributed by atoms with Crippen molar-refractivity contribution in [3.63, 3.8) is 0 Å². The number of carbonyl (C=O) groups excluding carboxylic acids is 1. The summed E-state index contributed by atoms with van der Waals surface area (Å²) < 4.78 is 21.4. The molecule has 0 aliphatic carbocycles. The summed E-state index contributed by atoms with van der Waals surface area (Å²) in [7, 11) is 3.02. The van der Waals surface area contributed by atoms with Crippen molar-refractivity contribution in [2.75, 3.05) is 58.5 Å². The highest BCUT2D eigenvalue weighted by Gasteiger charge is 2.31. The number of likely N-dealkylation sites (tertiary alicyclic amines) is 1. The number of ether oxygens (including phenoxy) is 3. The number of rotatable bonds is 6. The maximum atomic E-state index is 13.0. The van der Waals surface area contributed by atoms with E-state index in [1.807, 2.05) is 0 Å². The van der Waals surface area contributed by atoms with E-state index in [4.69, 9.17) is 28.6 Å². The highest BCUT2D eigenvalue weighted by atomic mass is 16.5. The maximum absolute atomic E-state index is 13.0. The lowest BCUT2D eigenvalue weighted by atomic mass is 9.95. The van der Waals surface area contributed by atoms with Crippen LogP contribution in [0.2, 0.25) is 0 Å². The number of morpholine rings is 1. The van der Waals surface area contributed by atoms with Crippen LogP contribution in [0, 0.1) is 0 Å². The molecule has 2 aromatic rings. The van der Waals surface area contributed by atoms with Gasteiger partial charge in [0, 0.05) is 43.9 Å². The molecule has 0 saturated carbocycles. The van der Waals surface area contributed by atoms with Crippen LogP contribution in [0.25, 0.3) is 0 Å². The summed E-state index contributed by atoms with van der Waals surface area (Å²) in [6, 6.07) is 2.09. The van der Waals surface area contributed by atoms with Crippen molar-refractivity contribution < 1.29 is 23.4 Å². The summed E-state index contributed by atoms with van der Waals surface area (Å²) in [5, 5.41) is 0. The fourth-order valence-electron chi connectivity index (χ4n) is 4.12. The molecule has 0 unspecified atom stereocenters. The number of aryl methyl sites for hydroxylation is 1. The third kappa shape index (κ3) is 4.46. The molecule has 2 aliphatic heterocycles. The normalized spacial score (nSPS) is 17.6. The molecule has 2 fully saturated rings. The van der Waals surface area contributed by atoms with Crippen molar-refractivity contribution >= 4 is 11.7 Å². The van der Waals surface area contributed by atoms with E-state index in [-0.39, 0.29) is 17.6 Å². The molecule has 4 rings (SSSR count). The lowest BCUT2D eigenvalue weighted by Crippen LogP contribution is -2.39. The number of hydrogen-bond acceptors (Lipinski definition) is 8. The summed E-state index contributed by atoms with van der Waals surface area (Å²) in [4.78, 5) is 26.7. The Bertz CT molecular complexity index is 901. The van der Waals surface area contributed by atoms with Crippen molar-refractivity contribution in [3.8, 4) is 11.5 Å². The van der Waals surface area contributed by atoms with Gasteiger partial charge in [0.1, 0.15) is 17.9 Å². The lowest BCUT2D eigenvalue weighted by Gasteiger charge is -2.32. The van der Waals surface area contributed by atoms with Gasteiger partial charge >= 0.3 is 0 Å². The Hall–Kier alpha value is -2.81. The van der Waals surface area contributed by atoms with Gasteiger partial charge in [-0.25, -0.2) is 9.97 Å². The number of carbonyl (C=O) groups is 1. The van der Waals surface area contributed by atoms with Gasteiger partial charge < -0.3 is 28.4 Å². The average molecular weight is 431 g/mol. The quantitative estimate of drug-likeness (QED) is 0.691. The van der Waals surface area contributed by atoms with Crippen LogP contribution in [0.4, 0.5) is 5.82 Å². The Kier molecular flexibility index (Phi) is 6.60. The molecule has 31 heavy (non-hydrogen) atoms. The lowest BCUT2D eigenvalue weighted by molar-refractivity contribution is 0.0674. The minimum Gasteiger partial charge on any atom is -0.490 e. The van der Waals surface area contributed by atoms with Gasteiger partial charge in [-0.1, -0.05) is 6.92 Å². The van der Waals surface area contributed by atoms with Crippen molar-refractivity contribution in [2.45, 2.75) is 32.1 Å². The SMILES string of the molecule is CCc1cc(N2CCOCC2)nc(C2CCN(C(=O)c3occ(OC)c3OC)CC2)n1. The number of amides is 1. The number of aromatic nitrogens is 2. The first-order valence-corrected chi connectivity index (χ1v) is 10.8. The van der Waals surface area contributed by atoms with E-state index in [9.17, 15) is 4.79 Å². The van der Waals surface area contributed by atoms with Crippen molar-refractivity contribution in [1.29, 1.82) is 0 Å². The molecule has 168 valence electrons. The second-order valence-electron chi connectivity index (χ2n) is 7.76. The third-order valence-electron chi connectivity index (χ3n) is 5.96. The molecule has 9 nitrogen and oxygen atoms in total. The predicted molar refractivity (Wildman–Crippen MR) is 114 cm³/mol. The number of hydrogen-bond donors (Lipinski definition) is 0. The zero-order valence-corrected chi connectivity index (χ0v) is 18.4. The molecular weight excluding hydrogens is 400 g/mol. The smallest absolute Gasteiger partial charge is 0.293 e. The van der Waals surface area contributed by atoms with Gasteiger partial charge in [-0.2, -0.15) is 0 Å². The first-order chi connectivity index (χ1) is 15.1. The fourth-order valence-corrected chi connectivity index (χ4v) is 4.12. The second-order valence-corrected chi connectivity index (χ2v) is 7.76. The minimum atomic E-state index is -0.184. The molecular formula is C22H30N4O5. The zero-order chi connectivity index (χ0) is 21.8. The summed E-state index contributed by atoms with van der Waals surface area (Å²) in [5.41, 5.74) is 1.05. The van der Waals surface area contributed by atoms with Crippen LogP contribution in [-0.2, 0) is 11.2 Å². The van der Waals surface area contributed by atoms with Gasteiger partial charge in [0.2, 0.25) is 11.5 Å². The van der Waals surface area contributed by atoms with Gasteiger partial charge in [-0.05, 0) is 19.3 Å². The molecule has 9 heteroatoms. The van der Waals surface area contributed by atoms with E-state index in [1.54, 1.807) is 4.90 Å². The number of nitrogens with zero attached hydrogens (tertiary/aromatic N) is 4. The number of furan rings is 1. The molecule has 2 aromatic heterocycles. The maximum Gasteiger partial charge on any atom is 0.293 e. The van der Waals surface area contributed by atoms with E-state index in [1.165, 1.54) is 20.5 Å². The van der Waals surface area contributed by atoms with Crippen molar-refractivity contribution in [2.24, 2.45) is 0 Å². The van der Waals surface area contributed by atoms with Gasteiger partial charge in [-0.15, -0.1) is 0 Å². The molecule has 2 aliphatic rings. The number of piperidine rings is 1. The van der Waals surface area contributed by atoms with Gasteiger partial charge in [0.15, 0.2) is 5.75 Å².